The van der Waals surface area contributed by atoms with Crippen LogP contribution >= 0.6 is 0 Å². The number of hydrogen-bond donors (Lipinski definition) is 5. The van der Waals surface area contributed by atoms with Crippen LogP contribution < -0.4 is 4.90 Å². The van der Waals surface area contributed by atoms with E-state index in [0.717, 1.165) is 28.4 Å². The smallest absolute Gasteiger partial charge is 0.425 e. The van der Waals surface area contributed by atoms with E-state index in [1.54, 1.807) is 50.0 Å². The fourth-order valence-electron chi connectivity index (χ4n) is 9.39. The first-order valence-corrected chi connectivity index (χ1v) is 28.2. The number of nitrogens with zero attached hydrogens (tertiary/aromatic N) is 3. The molecule has 7 rings (SSSR count). The third kappa shape index (κ3) is 11.2. The fourth-order valence-corrected chi connectivity index (χ4v) is 11.8. The van der Waals surface area contributed by atoms with Gasteiger partial charge in [-0.25, -0.2) is 9.78 Å². The Hall–Kier alpha value is -6.03. The van der Waals surface area contributed by atoms with Crippen LogP contribution in [0, 0.1) is 6.92 Å². The van der Waals surface area contributed by atoms with Gasteiger partial charge >= 0.3 is 16.6 Å². The highest BCUT2D eigenvalue weighted by Crippen LogP contribution is 2.52. The van der Waals surface area contributed by atoms with E-state index in [-0.39, 0.29) is 40.0 Å². The predicted octanol–water partition coefficient (Wildman–Crippen LogP) is 6.52. The van der Waals surface area contributed by atoms with Crippen LogP contribution in [-0.2, 0) is 61.9 Å². The molecule has 3 heterocycles. The van der Waals surface area contributed by atoms with Gasteiger partial charge in [-0.1, -0.05) is 39.0 Å². The van der Waals surface area contributed by atoms with E-state index in [9.17, 15) is 61.8 Å². The molecule has 0 radical (unpaired) electrons. The highest BCUT2D eigenvalue weighted by atomic mass is 32.2. The molecule has 5 aromatic rings. The number of rotatable bonds is 14. The first-order chi connectivity index (χ1) is 32.7. The van der Waals surface area contributed by atoms with Crippen LogP contribution in [0.1, 0.15) is 80.3 Å². The van der Waals surface area contributed by atoms with Crippen molar-refractivity contribution in [3.05, 3.63) is 125 Å². The molecule has 1 aromatic heterocycles. The summed E-state index contributed by atoms with van der Waals surface area (Å²) < 4.78 is 166. The lowest BCUT2D eigenvalue weighted by molar-refractivity contribution is -0.437. The molecular weight excluding hydrogens is 1030 g/mol. The van der Waals surface area contributed by atoms with Gasteiger partial charge in [-0.15, -0.1) is 12.6 Å². The highest BCUT2D eigenvalue weighted by molar-refractivity contribution is 7.87. The molecule has 20 nitrogen and oxygen atoms in total. The van der Waals surface area contributed by atoms with Crippen molar-refractivity contribution in [2.24, 2.45) is 0 Å². The molecule has 25 heteroatoms. The summed E-state index contributed by atoms with van der Waals surface area (Å²) in [5.74, 6) is -1.92. The number of aromatic nitrogens is 1. The van der Waals surface area contributed by atoms with Crippen LogP contribution in [0.5, 0.6) is 0 Å². The summed E-state index contributed by atoms with van der Waals surface area (Å²) in [6.07, 6.45) is 7.56. The number of carboxylic acids is 1. The highest BCUT2D eigenvalue weighted by Gasteiger charge is 2.46. The molecule has 0 unspecified atom stereocenters. The number of allylic oxidation sites excluding steroid dienone is 6. The van der Waals surface area contributed by atoms with Crippen molar-refractivity contribution in [3.63, 3.8) is 0 Å². The Morgan fingerprint density at radius 1 is 0.746 bits per heavy atom. The summed E-state index contributed by atoms with van der Waals surface area (Å²) in [5, 5.41) is 11.3. The lowest BCUT2D eigenvalue weighted by atomic mass is 9.78. The predicted molar refractivity (Wildman–Crippen MR) is 263 cm³/mol. The van der Waals surface area contributed by atoms with Gasteiger partial charge in [0.25, 0.3) is 40.5 Å². The zero-order valence-electron chi connectivity index (χ0n) is 38.7. The average molecular weight is 1080 g/mol. The molecule has 0 spiro atoms. The van der Waals surface area contributed by atoms with Crippen LogP contribution in [0.2, 0.25) is 0 Å². The zero-order chi connectivity index (χ0) is 53.0. The van der Waals surface area contributed by atoms with Gasteiger partial charge in [0.05, 0.1) is 26.7 Å². The largest absolute Gasteiger partial charge is 0.477 e. The van der Waals surface area contributed by atoms with Crippen molar-refractivity contribution in [2.75, 3.05) is 23.7 Å². The van der Waals surface area contributed by atoms with Crippen molar-refractivity contribution in [1.82, 2.24) is 4.98 Å². The van der Waals surface area contributed by atoms with E-state index in [0.29, 0.717) is 52.5 Å². The molecule has 0 aliphatic carbocycles. The van der Waals surface area contributed by atoms with E-state index < -0.39 is 83.4 Å². The minimum atomic E-state index is -5.06. The summed E-state index contributed by atoms with van der Waals surface area (Å²) >= 11 is 0. The molecule has 5 N–H and O–H groups in total. The molecule has 378 valence electrons. The quantitative estimate of drug-likeness (QED) is 0.0449. The second-order valence-corrected chi connectivity index (χ2v) is 23.9. The third-order valence-corrected chi connectivity index (χ3v) is 15.6. The van der Waals surface area contributed by atoms with Crippen LogP contribution in [0.25, 0.3) is 27.1 Å². The molecular formula is C46H48N3O17S5+. The van der Waals surface area contributed by atoms with Gasteiger partial charge in [0, 0.05) is 58.4 Å². The number of anilines is 1. The Morgan fingerprint density at radius 3 is 1.89 bits per heavy atom. The number of carboxylic acid groups (broad SMARTS) is 1. The molecule has 0 saturated heterocycles. The molecule has 2 aliphatic heterocycles. The number of pyridine rings is 1. The third-order valence-electron chi connectivity index (χ3n) is 12.2. The number of aromatic carboxylic acids is 1. The van der Waals surface area contributed by atoms with Crippen LogP contribution in [-0.4, -0.2) is 110 Å². The first kappa shape index (κ1) is 54.3. The minimum Gasteiger partial charge on any atom is -0.477 e. The van der Waals surface area contributed by atoms with Gasteiger partial charge in [0.15, 0.2) is 5.71 Å². The van der Waals surface area contributed by atoms with E-state index >= 15 is 0 Å². The molecule has 4 aromatic carbocycles. The van der Waals surface area contributed by atoms with E-state index in [1.807, 2.05) is 39.0 Å². The van der Waals surface area contributed by atoms with E-state index in [2.05, 4.69) is 9.56 Å². The number of benzene rings is 4. The Balaban J connectivity index is 0.00000199. The summed E-state index contributed by atoms with van der Waals surface area (Å²) in [6.45, 7) is 11.7. The Labute approximate surface area is 411 Å². The summed E-state index contributed by atoms with van der Waals surface area (Å²) in [7, 11) is -22.2. The zero-order valence-corrected chi connectivity index (χ0v) is 42.8. The maximum Gasteiger partial charge on any atom is 0.425 e. The molecule has 2 aliphatic rings. The standard InChI is InChI=1S/C46H47N3O14S4.O3S/c1-7-20-48-37-16-14-31-27(2)23-29(65(55,56)57)24-33(31)42(37)45(3,4)40(48)18-12-28(35-10-8-11-36(47-35)44(50)51)13-19-41-46(5,6)43-34-25-30(66(58,59)60)26-39(67(61,62)63)32(34)15-17-38(43)49(41)21-9-22-64(52,53)54;1-4(2)3/h8,10-19,23-26H,7,9,20-22H2,1-6H3,(H4-,50,51,52,53,54,55,56,57,58,59,60,61,62,63);/p+1. The Morgan fingerprint density at radius 2 is 1.32 bits per heavy atom. The van der Waals surface area contributed by atoms with E-state index in [4.69, 9.17) is 12.6 Å². The van der Waals surface area contributed by atoms with Crippen molar-refractivity contribution in [3.8, 4) is 0 Å². The Bertz CT molecular complexity index is 3800. The Kier molecular flexibility index (Phi) is 14.9. The van der Waals surface area contributed by atoms with Gasteiger partial charge in [-0.05, 0) is 115 Å². The first-order valence-electron chi connectivity index (χ1n) is 21.3. The summed E-state index contributed by atoms with van der Waals surface area (Å²) in [5.41, 5.74) is 2.67. The lowest BCUT2D eigenvalue weighted by Crippen LogP contribution is -2.28. The maximum absolute atomic E-state index is 12.7. The number of fused-ring (bicyclic) bond motifs is 6. The summed E-state index contributed by atoms with van der Waals surface area (Å²) in [6, 6.07) is 15.8. The molecule has 0 bridgehead atoms. The van der Waals surface area contributed by atoms with Gasteiger partial charge < -0.3 is 10.0 Å². The van der Waals surface area contributed by atoms with Crippen molar-refractivity contribution < 1.29 is 79.0 Å². The van der Waals surface area contributed by atoms with Crippen LogP contribution in [0.3, 0.4) is 0 Å². The van der Waals surface area contributed by atoms with Gasteiger partial charge in [0.1, 0.15) is 17.1 Å². The summed E-state index contributed by atoms with van der Waals surface area (Å²) in [4.78, 5) is 16.5. The van der Waals surface area contributed by atoms with Crippen molar-refractivity contribution in [2.45, 2.75) is 79.9 Å². The monoisotopic (exact) mass is 1070 g/mol. The molecule has 71 heavy (non-hydrogen) atoms. The van der Waals surface area contributed by atoms with Gasteiger partial charge in [0.2, 0.25) is 5.69 Å². The van der Waals surface area contributed by atoms with Crippen molar-refractivity contribution >= 4 is 101 Å². The second kappa shape index (κ2) is 19.5. The minimum absolute atomic E-state index is 0.0362. The van der Waals surface area contributed by atoms with Gasteiger partial charge in [-0.3, -0.25) is 18.2 Å². The molecule has 0 saturated carbocycles. The number of hydrogen-bond acceptors (Lipinski definition) is 14. The lowest BCUT2D eigenvalue weighted by Gasteiger charge is -2.27. The number of aryl methyl sites for hydroxylation is 1. The SMILES string of the molecule is CCC[N+]1=C(/C=C/C(=C/C=C2/N(CCCS(=O)(=O)O)c3ccc4c(S(=O)(=O)O)cc(S(=O)(=O)O)cc4c3C2(C)C)c2cccc(C(=O)O)n2)C(C)(C)c2c1ccc1c(C)cc(S(=O)(=O)O)cc21.O=S(=O)=O. The normalized spacial score (nSPS) is 16.4. The van der Waals surface area contributed by atoms with Crippen LogP contribution in [0.15, 0.2) is 111 Å². The van der Waals surface area contributed by atoms with Crippen molar-refractivity contribution in [1.29, 1.82) is 0 Å². The second-order valence-electron chi connectivity index (χ2n) is 17.7. The van der Waals surface area contributed by atoms with Gasteiger partial charge in [-0.2, -0.15) is 38.2 Å². The maximum atomic E-state index is 12.7. The fraction of sp³-hybridized carbons (Fsp3) is 0.283. The molecule has 0 atom stereocenters. The molecule has 0 amide bonds. The van der Waals surface area contributed by atoms with Crippen LogP contribution in [0.4, 0.5) is 11.4 Å². The van der Waals surface area contributed by atoms with E-state index in [1.165, 1.54) is 36.4 Å². The average Bonchev–Trinajstić information content (AvgIpc) is 3.59. The molecule has 0 fully saturated rings. The topological polar surface area (TPSA) is 325 Å². The number of carbonyl (C=O) groups is 1.